The van der Waals surface area contributed by atoms with Crippen molar-refractivity contribution < 1.29 is 22.0 Å². The largest absolute Gasteiger partial charge is 0.416 e. The van der Waals surface area contributed by atoms with E-state index in [1.807, 2.05) is 0 Å². The van der Waals surface area contributed by atoms with E-state index in [1.165, 1.54) is 54.6 Å². The van der Waals surface area contributed by atoms with E-state index in [2.05, 4.69) is 0 Å². The number of benzene rings is 3. The Morgan fingerprint density at radius 2 is 1.00 bits per heavy atom. The van der Waals surface area contributed by atoms with Crippen molar-refractivity contribution in [3.8, 4) is 0 Å². The van der Waals surface area contributed by atoms with Gasteiger partial charge in [0.05, 0.1) is 5.56 Å². The van der Waals surface area contributed by atoms with Crippen LogP contribution in [0.3, 0.4) is 0 Å². The molecule has 26 heavy (non-hydrogen) atoms. The molecule has 0 bridgehead atoms. The number of rotatable bonds is 3. The third-order valence-electron chi connectivity index (χ3n) is 4.61. The summed E-state index contributed by atoms with van der Waals surface area (Å²) in [5.41, 5.74) is -0.200. The van der Waals surface area contributed by atoms with E-state index < -0.39 is 28.8 Å². The fraction of sp³-hybridized carbons (Fsp3) is 0.143. The summed E-state index contributed by atoms with van der Waals surface area (Å²) < 4.78 is 66.2. The summed E-state index contributed by atoms with van der Waals surface area (Å²) in [5.74, 6) is -0.890. The predicted molar refractivity (Wildman–Crippen MR) is 89.8 cm³/mol. The fourth-order valence-corrected chi connectivity index (χ4v) is 3.07. The standard InChI is InChI=1S/C21H15F5/c1-20(14-5-9-18(22)10-6-14,15-7-11-19(23)12-8-15)16-3-2-4-17(13-16)21(24,25)26/h2-13H,1H3. The third-order valence-corrected chi connectivity index (χ3v) is 4.61. The molecule has 134 valence electrons. The monoisotopic (exact) mass is 362 g/mol. The summed E-state index contributed by atoms with van der Waals surface area (Å²) >= 11 is 0. The first-order valence-electron chi connectivity index (χ1n) is 7.91. The molecule has 3 rings (SSSR count). The van der Waals surface area contributed by atoms with Gasteiger partial charge in [-0.3, -0.25) is 0 Å². The van der Waals surface area contributed by atoms with Gasteiger partial charge in [-0.1, -0.05) is 42.5 Å². The van der Waals surface area contributed by atoms with E-state index in [4.69, 9.17) is 0 Å². The minimum absolute atomic E-state index is 0.380. The maximum absolute atomic E-state index is 13.4. The highest BCUT2D eigenvalue weighted by Crippen LogP contribution is 2.41. The third kappa shape index (κ3) is 3.34. The maximum atomic E-state index is 13.4. The minimum Gasteiger partial charge on any atom is -0.207 e. The van der Waals surface area contributed by atoms with Crippen molar-refractivity contribution >= 4 is 0 Å². The van der Waals surface area contributed by atoms with Crippen molar-refractivity contribution in [2.24, 2.45) is 0 Å². The molecule has 0 radical (unpaired) electrons. The van der Waals surface area contributed by atoms with Crippen molar-refractivity contribution in [3.63, 3.8) is 0 Å². The molecule has 3 aromatic rings. The molecular formula is C21H15F5. The average Bonchev–Trinajstić information content (AvgIpc) is 2.62. The highest BCUT2D eigenvalue weighted by atomic mass is 19.4. The number of halogens is 5. The SMILES string of the molecule is CC(c1ccc(F)cc1)(c1ccc(F)cc1)c1cccc(C(F)(F)F)c1. The predicted octanol–water partition coefficient (Wildman–Crippen LogP) is 6.34. The smallest absolute Gasteiger partial charge is 0.207 e. The van der Waals surface area contributed by atoms with Crippen molar-refractivity contribution in [1.29, 1.82) is 0 Å². The minimum atomic E-state index is -4.48. The quantitative estimate of drug-likeness (QED) is 0.377. The van der Waals surface area contributed by atoms with Gasteiger partial charge in [0.1, 0.15) is 11.6 Å². The van der Waals surface area contributed by atoms with Crippen LogP contribution in [0.1, 0.15) is 29.2 Å². The first-order valence-corrected chi connectivity index (χ1v) is 7.91. The van der Waals surface area contributed by atoms with Gasteiger partial charge in [-0.25, -0.2) is 8.78 Å². The molecule has 0 atom stereocenters. The highest BCUT2D eigenvalue weighted by molar-refractivity contribution is 5.50. The van der Waals surface area contributed by atoms with Crippen LogP contribution >= 0.6 is 0 Å². The van der Waals surface area contributed by atoms with E-state index in [9.17, 15) is 22.0 Å². The molecule has 0 spiro atoms. The lowest BCUT2D eigenvalue weighted by molar-refractivity contribution is -0.137. The van der Waals surface area contributed by atoms with Gasteiger partial charge < -0.3 is 0 Å². The number of hydrogen-bond acceptors (Lipinski definition) is 0. The second-order valence-corrected chi connectivity index (χ2v) is 6.22. The van der Waals surface area contributed by atoms with E-state index in [0.29, 0.717) is 16.7 Å². The molecule has 0 aliphatic heterocycles. The Labute approximate surface area is 147 Å². The Morgan fingerprint density at radius 3 is 1.42 bits per heavy atom. The zero-order valence-electron chi connectivity index (χ0n) is 13.8. The Kier molecular flexibility index (Phi) is 4.57. The highest BCUT2D eigenvalue weighted by Gasteiger charge is 2.35. The molecule has 0 aromatic heterocycles. The van der Waals surface area contributed by atoms with Gasteiger partial charge in [0.2, 0.25) is 0 Å². The van der Waals surface area contributed by atoms with Gasteiger partial charge in [-0.2, -0.15) is 13.2 Å². The molecule has 0 aliphatic carbocycles. The van der Waals surface area contributed by atoms with Gasteiger partial charge >= 0.3 is 6.18 Å². The summed E-state index contributed by atoms with van der Waals surface area (Å²) in [6.45, 7) is 1.74. The Hall–Kier alpha value is -2.69. The van der Waals surface area contributed by atoms with Crippen LogP contribution in [0.15, 0.2) is 72.8 Å². The number of hydrogen-bond donors (Lipinski definition) is 0. The van der Waals surface area contributed by atoms with Crippen LogP contribution in [0.5, 0.6) is 0 Å². The lowest BCUT2D eigenvalue weighted by atomic mass is 9.71. The topological polar surface area (TPSA) is 0 Å². The molecule has 0 fully saturated rings. The second-order valence-electron chi connectivity index (χ2n) is 6.22. The summed E-state index contributed by atoms with van der Waals surface area (Å²) in [5, 5.41) is 0. The molecule has 0 saturated carbocycles. The lowest BCUT2D eigenvalue weighted by Crippen LogP contribution is -2.26. The zero-order chi connectivity index (χ0) is 18.9. The zero-order valence-corrected chi connectivity index (χ0v) is 13.8. The van der Waals surface area contributed by atoms with Crippen molar-refractivity contribution in [3.05, 3.63) is 107 Å². The molecule has 5 heteroatoms. The van der Waals surface area contributed by atoms with Crippen LogP contribution in [0, 0.1) is 11.6 Å². The molecule has 0 aliphatic rings. The van der Waals surface area contributed by atoms with E-state index in [-0.39, 0.29) is 0 Å². The molecule has 0 amide bonds. The van der Waals surface area contributed by atoms with Crippen molar-refractivity contribution in [2.45, 2.75) is 18.5 Å². The first-order chi connectivity index (χ1) is 12.2. The molecular weight excluding hydrogens is 347 g/mol. The van der Waals surface area contributed by atoms with Gasteiger partial charge in [-0.05, 0) is 53.9 Å². The van der Waals surface area contributed by atoms with E-state index in [1.54, 1.807) is 13.0 Å². The normalized spacial score (nSPS) is 12.2. The van der Waals surface area contributed by atoms with Gasteiger partial charge in [-0.15, -0.1) is 0 Å². The molecule has 3 aromatic carbocycles. The van der Waals surface area contributed by atoms with Gasteiger partial charge in [0.25, 0.3) is 0 Å². The van der Waals surface area contributed by atoms with Crippen molar-refractivity contribution in [1.82, 2.24) is 0 Å². The molecule has 0 unspecified atom stereocenters. The molecule has 0 nitrogen and oxygen atoms in total. The number of alkyl halides is 3. The maximum Gasteiger partial charge on any atom is 0.416 e. The Morgan fingerprint density at radius 1 is 0.577 bits per heavy atom. The lowest BCUT2D eigenvalue weighted by Gasteiger charge is -2.32. The average molecular weight is 362 g/mol. The van der Waals surface area contributed by atoms with Gasteiger partial charge in [0.15, 0.2) is 0 Å². The van der Waals surface area contributed by atoms with E-state index >= 15 is 0 Å². The molecule has 0 heterocycles. The Balaban J connectivity index is 2.24. The Bertz CT molecular complexity index is 847. The van der Waals surface area contributed by atoms with Crippen LogP contribution < -0.4 is 0 Å². The van der Waals surface area contributed by atoms with Crippen LogP contribution in [-0.4, -0.2) is 0 Å². The molecule has 0 N–H and O–H groups in total. The van der Waals surface area contributed by atoms with Gasteiger partial charge in [0, 0.05) is 5.41 Å². The fourth-order valence-electron chi connectivity index (χ4n) is 3.07. The second kappa shape index (κ2) is 6.56. The van der Waals surface area contributed by atoms with Crippen LogP contribution in [-0.2, 0) is 11.6 Å². The first kappa shape index (κ1) is 18.1. The summed E-state index contributed by atoms with van der Waals surface area (Å²) in [4.78, 5) is 0. The van der Waals surface area contributed by atoms with E-state index in [0.717, 1.165) is 12.1 Å². The van der Waals surface area contributed by atoms with Crippen LogP contribution in [0.2, 0.25) is 0 Å². The van der Waals surface area contributed by atoms with Crippen LogP contribution in [0.25, 0.3) is 0 Å². The summed E-state index contributed by atoms with van der Waals surface area (Å²) in [6, 6.07) is 16.1. The van der Waals surface area contributed by atoms with Crippen molar-refractivity contribution in [2.75, 3.05) is 0 Å². The summed E-state index contributed by atoms with van der Waals surface area (Å²) in [7, 11) is 0. The van der Waals surface area contributed by atoms with Crippen LogP contribution in [0.4, 0.5) is 22.0 Å². The molecule has 0 saturated heterocycles. The summed E-state index contributed by atoms with van der Waals surface area (Å²) in [6.07, 6.45) is -4.48.